The average molecular weight is 304 g/mol. The van der Waals surface area contributed by atoms with Gasteiger partial charge in [-0.2, -0.15) is 5.26 Å². The first-order chi connectivity index (χ1) is 9.53. The van der Waals surface area contributed by atoms with Crippen molar-refractivity contribution in [2.45, 2.75) is 6.92 Å². The second-order valence-electron chi connectivity index (χ2n) is 4.01. The van der Waals surface area contributed by atoms with Crippen LogP contribution in [0.5, 0.6) is 0 Å². The molecule has 0 radical (unpaired) electrons. The Morgan fingerprint density at radius 2 is 1.70 bits per heavy atom. The van der Waals surface area contributed by atoms with E-state index in [1.54, 1.807) is 14.1 Å². The summed E-state index contributed by atoms with van der Waals surface area (Å²) in [7, 11) is 3.40. The minimum atomic E-state index is 0.351. The summed E-state index contributed by atoms with van der Waals surface area (Å²) in [5.41, 5.74) is 2.93. The van der Waals surface area contributed by atoms with Gasteiger partial charge in [0.1, 0.15) is 16.6 Å². The normalized spacial score (nSPS) is 10.9. The van der Waals surface area contributed by atoms with Crippen LogP contribution in [-0.2, 0) is 0 Å². The topological polar surface area (TPSA) is 59.9 Å². The Morgan fingerprint density at radius 3 is 2.15 bits per heavy atom. The van der Waals surface area contributed by atoms with Crippen molar-refractivity contribution < 1.29 is 0 Å². The Labute approximate surface area is 129 Å². The number of hydrogen-bond acceptors (Lipinski definition) is 3. The second-order valence-corrected chi connectivity index (χ2v) is 4.83. The highest BCUT2D eigenvalue weighted by molar-refractivity contribution is 7.80. The molecule has 0 unspecified atom stereocenters. The van der Waals surface area contributed by atoms with Gasteiger partial charge in [-0.3, -0.25) is 0 Å². The number of likely N-dealkylation sites (N-methyl/N-ethyl adjacent to an activating group) is 1. The van der Waals surface area contributed by atoms with Crippen molar-refractivity contribution in [1.29, 1.82) is 5.26 Å². The summed E-state index contributed by atoms with van der Waals surface area (Å²) in [6.45, 7) is 2.00. The van der Waals surface area contributed by atoms with Crippen molar-refractivity contribution in [3.05, 3.63) is 41.0 Å². The maximum absolute atomic E-state index is 9.36. The Hall–Kier alpha value is -1.97. The summed E-state index contributed by atoms with van der Waals surface area (Å²) < 4.78 is 0. The molecule has 20 heavy (non-hydrogen) atoms. The van der Waals surface area contributed by atoms with Gasteiger partial charge in [-0.1, -0.05) is 42.0 Å². The largest absolute Gasteiger partial charge is 0.378 e. The Balaban J connectivity index is 3.37. The number of thiocarbonyl (C=S) groups is 2. The van der Waals surface area contributed by atoms with Crippen LogP contribution in [-0.4, -0.2) is 24.2 Å². The number of nitrogens with one attached hydrogen (secondary N) is 3. The molecule has 0 bridgehead atoms. The lowest BCUT2D eigenvalue weighted by atomic mass is 10.1. The molecular weight excluding hydrogens is 288 g/mol. The van der Waals surface area contributed by atoms with Crippen molar-refractivity contribution in [2.75, 3.05) is 14.1 Å². The summed E-state index contributed by atoms with van der Waals surface area (Å²) in [4.78, 5) is 0.370. The summed E-state index contributed by atoms with van der Waals surface area (Å²) in [5, 5.41) is 18.4. The van der Waals surface area contributed by atoms with Crippen LogP contribution < -0.4 is 16.0 Å². The average Bonchev–Trinajstić information content (AvgIpc) is 2.47. The third kappa shape index (κ3) is 4.02. The van der Waals surface area contributed by atoms with E-state index in [1.807, 2.05) is 31.2 Å². The van der Waals surface area contributed by atoms with E-state index in [0.717, 1.165) is 11.1 Å². The second kappa shape index (κ2) is 7.58. The monoisotopic (exact) mass is 304 g/mol. The lowest BCUT2D eigenvalue weighted by Crippen LogP contribution is -2.33. The minimum absolute atomic E-state index is 0.351. The number of hydrogen-bond donors (Lipinski definition) is 3. The summed E-state index contributed by atoms with van der Waals surface area (Å²) in [5.74, 6) is 0. The van der Waals surface area contributed by atoms with Gasteiger partial charge in [0.15, 0.2) is 5.11 Å². The molecule has 3 N–H and O–H groups in total. The molecule has 0 heterocycles. The maximum atomic E-state index is 9.36. The van der Waals surface area contributed by atoms with Gasteiger partial charge in [-0.15, -0.1) is 0 Å². The molecule has 1 rings (SSSR count). The molecule has 0 spiro atoms. The SMILES string of the molecule is CNC(=S)N/C(=C(/C#N)C(=S)NC)c1ccc(C)cc1. The molecule has 0 aliphatic carbocycles. The predicted octanol–water partition coefficient (Wildman–Crippen LogP) is 1.87. The fourth-order valence-electron chi connectivity index (χ4n) is 1.52. The first kappa shape index (κ1) is 16.1. The highest BCUT2D eigenvalue weighted by atomic mass is 32.1. The third-order valence-corrected chi connectivity index (χ3v) is 3.34. The van der Waals surface area contributed by atoms with Gasteiger partial charge in [0.05, 0.1) is 5.70 Å². The van der Waals surface area contributed by atoms with E-state index >= 15 is 0 Å². The standard InChI is InChI=1S/C14H16N4S2/c1-9-4-6-10(7-5-9)12(18-14(20)17-3)11(8-15)13(19)16-2/h4-7H,1-3H3,(H,16,19)(H2,17,18,20)/b12-11-. The van der Waals surface area contributed by atoms with Crippen molar-refractivity contribution >= 4 is 40.2 Å². The van der Waals surface area contributed by atoms with Crippen molar-refractivity contribution in [3.8, 4) is 6.07 Å². The fraction of sp³-hybridized carbons (Fsp3) is 0.214. The van der Waals surface area contributed by atoms with Gasteiger partial charge < -0.3 is 16.0 Å². The molecule has 0 aromatic heterocycles. The van der Waals surface area contributed by atoms with E-state index in [4.69, 9.17) is 24.4 Å². The molecule has 4 nitrogen and oxygen atoms in total. The molecule has 6 heteroatoms. The van der Waals surface area contributed by atoms with Crippen LogP contribution in [0, 0.1) is 18.3 Å². The third-order valence-electron chi connectivity index (χ3n) is 2.62. The van der Waals surface area contributed by atoms with Gasteiger partial charge >= 0.3 is 0 Å². The molecule has 0 saturated carbocycles. The van der Waals surface area contributed by atoms with E-state index in [9.17, 15) is 5.26 Å². The molecule has 1 aromatic carbocycles. The number of benzene rings is 1. The van der Waals surface area contributed by atoms with Crippen LogP contribution in [0.3, 0.4) is 0 Å². The molecule has 104 valence electrons. The van der Waals surface area contributed by atoms with Gasteiger partial charge in [0.2, 0.25) is 0 Å². The van der Waals surface area contributed by atoms with E-state index in [-0.39, 0.29) is 0 Å². The highest BCUT2D eigenvalue weighted by Gasteiger charge is 2.14. The van der Waals surface area contributed by atoms with Crippen molar-refractivity contribution in [2.24, 2.45) is 0 Å². The Kier molecular flexibility index (Phi) is 6.10. The smallest absolute Gasteiger partial charge is 0.170 e. The number of rotatable bonds is 3. The van der Waals surface area contributed by atoms with Gasteiger partial charge in [0, 0.05) is 14.1 Å². The highest BCUT2D eigenvalue weighted by Crippen LogP contribution is 2.17. The van der Waals surface area contributed by atoms with E-state index in [2.05, 4.69) is 22.0 Å². The van der Waals surface area contributed by atoms with Crippen LogP contribution >= 0.6 is 24.4 Å². The van der Waals surface area contributed by atoms with E-state index in [1.165, 1.54) is 0 Å². The Bertz CT molecular complexity index is 582. The van der Waals surface area contributed by atoms with Gasteiger partial charge in [0.25, 0.3) is 0 Å². The predicted molar refractivity (Wildman–Crippen MR) is 90.2 cm³/mol. The fourth-order valence-corrected chi connectivity index (χ4v) is 1.77. The number of nitriles is 1. The van der Waals surface area contributed by atoms with Crippen LogP contribution in [0.25, 0.3) is 5.70 Å². The van der Waals surface area contributed by atoms with Gasteiger partial charge in [-0.25, -0.2) is 0 Å². The maximum Gasteiger partial charge on any atom is 0.170 e. The van der Waals surface area contributed by atoms with E-state index < -0.39 is 0 Å². The molecule has 0 atom stereocenters. The molecule has 0 aliphatic heterocycles. The summed E-state index contributed by atoms with van der Waals surface area (Å²) in [6, 6.07) is 9.90. The summed E-state index contributed by atoms with van der Waals surface area (Å²) >= 11 is 10.3. The quantitative estimate of drug-likeness (QED) is 0.450. The zero-order valence-corrected chi connectivity index (χ0v) is 13.2. The van der Waals surface area contributed by atoms with Crippen LogP contribution in [0.15, 0.2) is 29.8 Å². The molecule has 1 aromatic rings. The lowest BCUT2D eigenvalue weighted by Gasteiger charge is -2.15. The zero-order valence-electron chi connectivity index (χ0n) is 11.6. The lowest BCUT2D eigenvalue weighted by molar-refractivity contribution is 1.11. The van der Waals surface area contributed by atoms with Crippen LogP contribution in [0.1, 0.15) is 11.1 Å². The molecular formula is C14H16N4S2. The van der Waals surface area contributed by atoms with Gasteiger partial charge in [-0.05, 0) is 24.7 Å². The Morgan fingerprint density at radius 1 is 1.10 bits per heavy atom. The molecule has 0 amide bonds. The number of aryl methyl sites for hydroxylation is 1. The number of nitrogens with zero attached hydrogens (tertiary/aromatic N) is 1. The van der Waals surface area contributed by atoms with Crippen LogP contribution in [0.2, 0.25) is 0 Å². The van der Waals surface area contributed by atoms with Crippen molar-refractivity contribution in [3.63, 3.8) is 0 Å². The van der Waals surface area contributed by atoms with E-state index in [0.29, 0.717) is 21.4 Å². The molecule has 0 saturated heterocycles. The first-order valence-electron chi connectivity index (χ1n) is 5.95. The summed E-state index contributed by atoms with van der Waals surface area (Å²) in [6.07, 6.45) is 0. The van der Waals surface area contributed by atoms with Crippen LogP contribution in [0.4, 0.5) is 0 Å². The van der Waals surface area contributed by atoms with Crippen molar-refractivity contribution in [1.82, 2.24) is 16.0 Å². The molecule has 0 aliphatic rings. The first-order valence-corrected chi connectivity index (χ1v) is 6.77. The molecule has 0 fully saturated rings. The zero-order chi connectivity index (χ0) is 15.1. The minimum Gasteiger partial charge on any atom is -0.378 e.